The number of methoxy groups -OCH3 is 1. The summed E-state index contributed by atoms with van der Waals surface area (Å²) in [6.07, 6.45) is 0.584. The predicted molar refractivity (Wildman–Crippen MR) is 162 cm³/mol. The lowest BCUT2D eigenvalue weighted by Gasteiger charge is -2.37. The lowest BCUT2D eigenvalue weighted by Crippen LogP contribution is -2.49. The molecule has 0 aliphatic carbocycles. The number of quaternary nitrogens is 1. The van der Waals surface area contributed by atoms with Crippen LogP contribution in [0.25, 0.3) is 0 Å². The molecule has 2 aliphatic rings. The summed E-state index contributed by atoms with van der Waals surface area (Å²) in [5.74, 6) is -1.35. The molecule has 2 unspecified atom stereocenters. The first-order chi connectivity index (χ1) is 19.9. The van der Waals surface area contributed by atoms with Crippen molar-refractivity contribution < 1.29 is 29.6 Å². The first-order valence-electron chi connectivity index (χ1n) is 14.1. The van der Waals surface area contributed by atoms with E-state index in [1.807, 2.05) is 25.1 Å². The van der Waals surface area contributed by atoms with E-state index >= 15 is 4.39 Å². The predicted octanol–water partition coefficient (Wildman–Crippen LogP) is 4.32. The van der Waals surface area contributed by atoms with Gasteiger partial charge in [-0.25, -0.2) is 4.39 Å². The molecule has 1 spiro atoms. The van der Waals surface area contributed by atoms with Crippen molar-refractivity contribution in [2.24, 2.45) is 5.41 Å². The molecule has 8 nitrogen and oxygen atoms in total. The fourth-order valence-electron chi connectivity index (χ4n) is 6.49. The SMILES string of the molecule is CO.COc1cc([NH3+])ccc1NC(=O)[C@@H]1NC(CC(C)(C)C)[C@@]2(C(=O)Nc3cc(C)ccc32)C1c1cccc(C)c1F. The van der Waals surface area contributed by atoms with Crippen LogP contribution in [0.3, 0.4) is 0 Å². The van der Waals surface area contributed by atoms with Crippen LogP contribution >= 0.6 is 0 Å². The van der Waals surface area contributed by atoms with Crippen LogP contribution in [0, 0.1) is 25.1 Å². The van der Waals surface area contributed by atoms with Crippen LogP contribution in [0.1, 0.15) is 55.4 Å². The van der Waals surface area contributed by atoms with E-state index in [1.165, 1.54) is 7.11 Å². The third-order valence-electron chi connectivity index (χ3n) is 8.18. The summed E-state index contributed by atoms with van der Waals surface area (Å²) in [5, 5.41) is 16.6. The number of anilines is 2. The Kier molecular flexibility index (Phi) is 8.78. The lowest BCUT2D eigenvalue weighted by atomic mass is 9.62. The minimum absolute atomic E-state index is 0.188. The van der Waals surface area contributed by atoms with Gasteiger partial charge in [0.15, 0.2) is 0 Å². The summed E-state index contributed by atoms with van der Waals surface area (Å²) in [6.45, 7) is 9.98. The van der Waals surface area contributed by atoms with Crippen molar-refractivity contribution in [3.8, 4) is 5.75 Å². The van der Waals surface area contributed by atoms with Crippen molar-refractivity contribution in [2.75, 3.05) is 24.9 Å². The second-order valence-electron chi connectivity index (χ2n) is 12.3. The number of carbonyl (C=O) groups is 2. The lowest BCUT2D eigenvalue weighted by molar-refractivity contribution is -0.254. The summed E-state index contributed by atoms with van der Waals surface area (Å²) >= 11 is 0. The van der Waals surface area contributed by atoms with Crippen LogP contribution in [0.2, 0.25) is 0 Å². The van der Waals surface area contributed by atoms with Gasteiger partial charge in [-0.2, -0.15) is 0 Å². The Hall–Kier alpha value is -3.79. The summed E-state index contributed by atoms with van der Waals surface area (Å²) in [5.41, 5.74) is 7.04. The number of hydrogen-bond acceptors (Lipinski definition) is 5. The molecular formula is C33H42FN4O4+. The Labute approximate surface area is 246 Å². The second-order valence-corrected chi connectivity index (χ2v) is 12.3. The number of carbonyl (C=O) groups excluding carboxylic acids is 2. The smallest absolute Gasteiger partial charge is 0.242 e. The van der Waals surface area contributed by atoms with E-state index in [0.717, 1.165) is 23.9 Å². The number of fused-ring (bicyclic) bond motifs is 2. The minimum atomic E-state index is -1.21. The third-order valence-corrected chi connectivity index (χ3v) is 8.18. The fraction of sp³-hybridized carbons (Fsp3) is 0.394. The molecule has 2 amide bonds. The van der Waals surface area contributed by atoms with Gasteiger partial charge in [-0.3, -0.25) is 9.59 Å². The molecule has 5 rings (SSSR count). The van der Waals surface area contributed by atoms with Crippen molar-refractivity contribution in [2.45, 2.75) is 64.5 Å². The van der Waals surface area contributed by atoms with Crippen LogP contribution in [-0.4, -0.2) is 43.2 Å². The van der Waals surface area contributed by atoms with Crippen molar-refractivity contribution >= 4 is 28.9 Å². The number of benzene rings is 3. The van der Waals surface area contributed by atoms with E-state index in [4.69, 9.17) is 9.84 Å². The molecular weight excluding hydrogens is 535 g/mol. The van der Waals surface area contributed by atoms with E-state index in [2.05, 4.69) is 42.5 Å². The number of nitrogens with one attached hydrogen (secondary N) is 3. The molecule has 1 fully saturated rings. The van der Waals surface area contributed by atoms with Gasteiger partial charge in [-0.05, 0) is 60.1 Å². The average Bonchev–Trinajstić information content (AvgIpc) is 3.41. The van der Waals surface area contributed by atoms with Crippen molar-refractivity contribution in [1.82, 2.24) is 5.32 Å². The van der Waals surface area contributed by atoms with Crippen LogP contribution in [0.15, 0.2) is 54.6 Å². The maximum atomic E-state index is 16.0. The summed E-state index contributed by atoms with van der Waals surface area (Å²) in [4.78, 5) is 28.4. The molecule has 1 saturated heterocycles. The van der Waals surface area contributed by atoms with Gasteiger partial charge in [-0.1, -0.05) is 51.1 Å². The number of amides is 2. The first kappa shape index (κ1) is 31.2. The van der Waals surface area contributed by atoms with Crippen molar-refractivity contribution in [3.63, 3.8) is 0 Å². The molecule has 3 aromatic rings. The van der Waals surface area contributed by atoms with Crippen LogP contribution in [-0.2, 0) is 15.0 Å². The van der Waals surface area contributed by atoms with E-state index in [9.17, 15) is 9.59 Å². The van der Waals surface area contributed by atoms with Crippen LogP contribution in [0.5, 0.6) is 5.75 Å². The first-order valence-corrected chi connectivity index (χ1v) is 14.1. The van der Waals surface area contributed by atoms with Gasteiger partial charge in [-0.15, -0.1) is 0 Å². The number of ether oxygens (including phenoxy) is 1. The number of aliphatic hydroxyl groups excluding tert-OH is 1. The van der Waals surface area contributed by atoms with Crippen LogP contribution < -0.4 is 26.4 Å². The van der Waals surface area contributed by atoms with Gasteiger partial charge < -0.3 is 31.5 Å². The largest absolute Gasteiger partial charge is 0.494 e. The van der Waals surface area contributed by atoms with E-state index in [1.54, 1.807) is 43.3 Å². The standard InChI is InChI=1S/C32H37FN4O3.CH4O/c1-17-10-12-21-23(14-17)36-30(39)32(21)25(16-31(3,4)5)37-28(26(32)20-9-7-8-18(2)27(20)33)29(38)35-22-13-11-19(34)15-24(22)40-6;1-2/h7-15,25-26,28,37H,16,34H2,1-6H3,(H,35,38)(H,36,39);2H,1H3/p+1/t25?,26?,28-,32-;/m1./s1. The molecule has 0 saturated carbocycles. The van der Waals surface area contributed by atoms with Gasteiger partial charge in [0, 0.05) is 36.9 Å². The number of hydrogen-bond donors (Lipinski definition) is 5. The highest BCUT2D eigenvalue weighted by molar-refractivity contribution is 6.10. The average molecular weight is 578 g/mol. The number of rotatable bonds is 5. The monoisotopic (exact) mass is 577 g/mol. The topological polar surface area (TPSA) is 127 Å². The maximum Gasteiger partial charge on any atom is 0.242 e. The maximum absolute atomic E-state index is 16.0. The number of aliphatic hydroxyl groups is 1. The normalized spacial score (nSPS) is 22.7. The zero-order chi connectivity index (χ0) is 31.0. The number of aryl methyl sites for hydroxylation is 2. The quantitative estimate of drug-likeness (QED) is 0.309. The Morgan fingerprint density at radius 1 is 1.12 bits per heavy atom. The van der Waals surface area contributed by atoms with Crippen molar-refractivity contribution in [3.05, 3.63) is 82.7 Å². The van der Waals surface area contributed by atoms with Gasteiger partial charge in [0.05, 0.1) is 18.8 Å². The molecule has 2 heterocycles. The Morgan fingerprint density at radius 3 is 2.50 bits per heavy atom. The Balaban J connectivity index is 0.00000198. The van der Waals surface area contributed by atoms with Crippen LogP contribution in [0.4, 0.5) is 21.5 Å². The minimum Gasteiger partial charge on any atom is -0.494 e. The summed E-state index contributed by atoms with van der Waals surface area (Å²) in [6, 6.07) is 15.0. The van der Waals surface area contributed by atoms with Crippen molar-refractivity contribution in [1.29, 1.82) is 0 Å². The third kappa shape index (κ3) is 5.40. The summed E-state index contributed by atoms with van der Waals surface area (Å²) in [7, 11) is 2.53. The molecule has 224 valence electrons. The van der Waals surface area contributed by atoms with Gasteiger partial charge in [0.25, 0.3) is 0 Å². The molecule has 42 heavy (non-hydrogen) atoms. The highest BCUT2D eigenvalue weighted by Crippen LogP contribution is 2.57. The van der Waals surface area contributed by atoms with Gasteiger partial charge >= 0.3 is 0 Å². The Morgan fingerprint density at radius 2 is 1.83 bits per heavy atom. The second kappa shape index (κ2) is 11.8. The fourth-order valence-corrected chi connectivity index (χ4v) is 6.49. The highest BCUT2D eigenvalue weighted by Gasteiger charge is 2.66. The van der Waals surface area contributed by atoms with Gasteiger partial charge in [0.2, 0.25) is 11.8 Å². The Bertz CT molecular complexity index is 1500. The molecule has 0 bridgehead atoms. The zero-order valence-electron chi connectivity index (χ0n) is 25.4. The molecule has 7 N–H and O–H groups in total. The number of halogens is 1. The highest BCUT2D eigenvalue weighted by atomic mass is 19.1. The summed E-state index contributed by atoms with van der Waals surface area (Å²) < 4.78 is 21.5. The molecule has 3 aromatic carbocycles. The van der Waals surface area contributed by atoms with Gasteiger partial charge in [0.1, 0.15) is 22.7 Å². The molecule has 9 heteroatoms. The molecule has 2 aliphatic heterocycles. The molecule has 4 atom stereocenters. The molecule has 0 aromatic heterocycles. The zero-order valence-corrected chi connectivity index (χ0v) is 25.4. The molecule has 0 radical (unpaired) electrons. The van der Waals surface area contributed by atoms with E-state index in [-0.39, 0.29) is 17.2 Å². The van der Waals surface area contributed by atoms with E-state index < -0.39 is 29.2 Å². The van der Waals surface area contributed by atoms with E-state index in [0.29, 0.717) is 34.7 Å².